The van der Waals surface area contributed by atoms with Crippen molar-refractivity contribution >= 4 is 17.5 Å². The molecular weight excluding hydrogens is 242 g/mol. The van der Waals surface area contributed by atoms with E-state index in [2.05, 4.69) is 17.1 Å². The fourth-order valence-corrected chi connectivity index (χ4v) is 2.39. The largest absolute Gasteiger partial charge is 0.478 e. The topological polar surface area (TPSA) is 79.5 Å². The first-order valence-electron chi connectivity index (χ1n) is 5.95. The first-order valence-corrected chi connectivity index (χ1v) is 5.95. The van der Waals surface area contributed by atoms with E-state index in [0.717, 1.165) is 0 Å². The highest BCUT2D eigenvalue weighted by Crippen LogP contribution is 2.30. The minimum atomic E-state index is -0.986. The molecule has 0 radical (unpaired) electrons. The van der Waals surface area contributed by atoms with E-state index in [0.29, 0.717) is 18.8 Å². The van der Waals surface area contributed by atoms with Gasteiger partial charge in [0.25, 0.3) is 0 Å². The first-order chi connectivity index (χ1) is 9.15. The lowest BCUT2D eigenvalue weighted by Gasteiger charge is -2.19. The molecule has 1 aromatic heterocycles. The lowest BCUT2D eigenvalue weighted by Crippen LogP contribution is -2.18. The smallest absolute Gasteiger partial charge is 0.338 e. The molecule has 0 fully saturated rings. The Kier molecular flexibility index (Phi) is 2.59. The number of aromatic nitrogens is 1. The van der Waals surface area contributed by atoms with Gasteiger partial charge in [-0.25, -0.2) is 9.78 Å². The van der Waals surface area contributed by atoms with Crippen LogP contribution < -0.4 is 10.6 Å². The quantitative estimate of drug-likeness (QED) is 0.856. The zero-order valence-electron chi connectivity index (χ0n) is 10.2. The fourth-order valence-electron chi connectivity index (χ4n) is 2.39. The van der Waals surface area contributed by atoms with Gasteiger partial charge in [-0.1, -0.05) is 24.3 Å². The molecule has 5 nitrogen and oxygen atoms in total. The summed E-state index contributed by atoms with van der Waals surface area (Å²) in [5.41, 5.74) is 8.80. The number of hydrogen-bond acceptors (Lipinski definition) is 4. The molecule has 0 saturated carbocycles. The van der Waals surface area contributed by atoms with Crippen molar-refractivity contribution in [3.8, 4) is 0 Å². The second-order valence-electron chi connectivity index (χ2n) is 4.56. The number of aromatic carboxylic acids is 1. The number of pyridine rings is 1. The van der Waals surface area contributed by atoms with Gasteiger partial charge in [0.2, 0.25) is 0 Å². The number of carbonyl (C=O) groups is 1. The summed E-state index contributed by atoms with van der Waals surface area (Å²) in [7, 11) is 0. The van der Waals surface area contributed by atoms with Gasteiger partial charge >= 0.3 is 5.97 Å². The third-order valence-corrected chi connectivity index (χ3v) is 3.32. The molecule has 0 aliphatic carbocycles. The Bertz CT molecular complexity index is 630. The van der Waals surface area contributed by atoms with Gasteiger partial charge < -0.3 is 15.7 Å². The minimum absolute atomic E-state index is 0.195. The van der Waals surface area contributed by atoms with E-state index in [-0.39, 0.29) is 11.4 Å². The number of benzene rings is 1. The third-order valence-electron chi connectivity index (χ3n) is 3.32. The molecule has 3 rings (SSSR count). The standard InChI is InChI=1S/C14H13N3O2/c15-13-5-11(14(18)19)12(6-16-13)17-7-9-3-1-2-4-10(9)8-17/h1-6H,7-8H2,(H2,15,16)(H,18,19). The second-order valence-corrected chi connectivity index (χ2v) is 4.56. The summed E-state index contributed by atoms with van der Waals surface area (Å²) in [6.45, 7) is 1.39. The van der Waals surface area contributed by atoms with Gasteiger partial charge in [-0.15, -0.1) is 0 Å². The van der Waals surface area contributed by atoms with E-state index < -0.39 is 5.97 Å². The Morgan fingerprint density at radius 3 is 2.47 bits per heavy atom. The minimum Gasteiger partial charge on any atom is -0.478 e. The van der Waals surface area contributed by atoms with Crippen LogP contribution in [0, 0.1) is 0 Å². The zero-order chi connectivity index (χ0) is 13.4. The van der Waals surface area contributed by atoms with E-state index in [9.17, 15) is 9.90 Å². The summed E-state index contributed by atoms with van der Waals surface area (Å²) >= 11 is 0. The van der Waals surface area contributed by atoms with Crippen molar-refractivity contribution in [1.82, 2.24) is 4.98 Å². The van der Waals surface area contributed by atoms with Crippen LogP contribution in [0.2, 0.25) is 0 Å². The summed E-state index contributed by atoms with van der Waals surface area (Å²) in [5.74, 6) is -0.766. The number of hydrogen-bond donors (Lipinski definition) is 2. The Morgan fingerprint density at radius 1 is 1.26 bits per heavy atom. The molecule has 0 unspecified atom stereocenters. The highest BCUT2D eigenvalue weighted by atomic mass is 16.4. The predicted octanol–water partition coefficient (Wildman–Crippen LogP) is 1.88. The van der Waals surface area contributed by atoms with Crippen LogP contribution in [0.15, 0.2) is 36.5 Å². The second kappa shape index (κ2) is 4.28. The number of anilines is 2. The van der Waals surface area contributed by atoms with E-state index in [1.807, 2.05) is 17.0 Å². The van der Waals surface area contributed by atoms with Crippen LogP contribution in [0.3, 0.4) is 0 Å². The van der Waals surface area contributed by atoms with Crippen molar-refractivity contribution in [2.24, 2.45) is 0 Å². The van der Waals surface area contributed by atoms with Crippen LogP contribution in [-0.4, -0.2) is 16.1 Å². The molecule has 0 saturated heterocycles. The van der Waals surface area contributed by atoms with Crippen LogP contribution in [0.1, 0.15) is 21.5 Å². The molecule has 0 spiro atoms. The molecule has 1 aliphatic heterocycles. The van der Waals surface area contributed by atoms with Crippen molar-refractivity contribution in [3.05, 3.63) is 53.2 Å². The Hall–Kier alpha value is -2.56. The molecule has 0 amide bonds. The molecule has 0 atom stereocenters. The molecule has 96 valence electrons. The van der Waals surface area contributed by atoms with Crippen molar-refractivity contribution in [2.45, 2.75) is 13.1 Å². The van der Waals surface area contributed by atoms with Gasteiger partial charge in [-0.2, -0.15) is 0 Å². The summed E-state index contributed by atoms with van der Waals surface area (Å²) in [6, 6.07) is 9.49. The number of rotatable bonds is 2. The number of nitrogens with two attached hydrogens (primary N) is 1. The van der Waals surface area contributed by atoms with E-state index >= 15 is 0 Å². The summed E-state index contributed by atoms with van der Waals surface area (Å²) in [5, 5.41) is 9.26. The van der Waals surface area contributed by atoms with Crippen LogP contribution >= 0.6 is 0 Å². The molecule has 1 aliphatic rings. The molecule has 0 bridgehead atoms. The molecule has 2 aromatic rings. The lowest BCUT2D eigenvalue weighted by atomic mass is 10.1. The number of nitrogen functional groups attached to an aromatic ring is 1. The van der Waals surface area contributed by atoms with Gasteiger partial charge in [0.1, 0.15) is 5.82 Å². The highest BCUT2D eigenvalue weighted by molar-refractivity contribution is 5.95. The molecule has 3 N–H and O–H groups in total. The van der Waals surface area contributed by atoms with Crippen LogP contribution in [-0.2, 0) is 13.1 Å². The van der Waals surface area contributed by atoms with Crippen LogP contribution in [0.4, 0.5) is 11.5 Å². The van der Waals surface area contributed by atoms with Crippen molar-refractivity contribution < 1.29 is 9.90 Å². The van der Waals surface area contributed by atoms with Crippen molar-refractivity contribution in [2.75, 3.05) is 10.6 Å². The number of nitrogens with zero attached hydrogens (tertiary/aromatic N) is 2. The summed E-state index contributed by atoms with van der Waals surface area (Å²) in [4.78, 5) is 17.3. The maximum Gasteiger partial charge on any atom is 0.338 e. The van der Waals surface area contributed by atoms with Crippen LogP contribution in [0.25, 0.3) is 0 Å². The SMILES string of the molecule is Nc1cc(C(=O)O)c(N2Cc3ccccc3C2)cn1. The zero-order valence-corrected chi connectivity index (χ0v) is 10.2. The Labute approximate surface area is 110 Å². The molecule has 1 aromatic carbocycles. The predicted molar refractivity (Wildman–Crippen MR) is 71.9 cm³/mol. The summed E-state index contributed by atoms with van der Waals surface area (Å²) < 4.78 is 0. The fraction of sp³-hybridized carbons (Fsp3) is 0.143. The molecule has 5 heteroatoms. The van der Waals surface area contributed by atoms with Gasteiger partial charge in [0.05, 0.1) is 17.4 Å². The van der Waals surface area contributed by atoms with Crippen LogP contribution in [0.5, 0.6) is 0 Å². The van der Waals surface area contributed by atoms with Gasteiger partial charge in [-0.05, 0) is 17.2 Å². The monoisotopic (exact) mass is 255 g/mol. The average Bonchev–Trinajstić information content (AvgIpc) is 2.82. The van der Waals surface area contributed by atoms with E-state index in [4.69, 9.17) is 5.73 Å². The highest BCUT2D eigenvalue weighted by Gasteiger charge is 2.23. The van der Waals surface area contributed by atoms with E-state index in [1.165, 1.54) is 23.4 Å². The normalized spacial score (nSPS) is 13.4. The van der Waals surface area contributed by atoms with Gasteiger partial charge in [0, 0.05) is 13.1 Å². The molecular formula is C14H13N3O2. The van der Waals surface area contributed by atoms with Crippen molar-refractivity contribution in [1.29, 1.82) is 0 Å². The molecule has 19 heavy (non-hydrogen) atoms. The third kappa shape index (κ3) is 1.99. The lowest BCUT2D eigenvalue weighted by molar-refractivity contribution is 0.0697. The Balaban J connectivity index is 1.99. The summed E-state index contributed by atoms with van der Waals surface area (Å²) in [6.07, 6.45) is 1.53. The number of carboxylic acids is 1. The number of carboxylic acid groups (broad SMARTS) is 1. The van der Waals surface area contributed by atoms with E-state index in [1.54, 1.807) is 0 Å². The van der Waals surface area contributed by atoms with Gasteiger partial charge in [-0.3, -0.25) is 0 Å². The van der Waals surface area contributed by atoms with Crippen molar-refractivity contribution in [3.63, 3.8) is 0 Å². The number of fused-ring (bicyclic) bond motifs is 1. The maximum absolute atomic E-state index is 11.3. The maximum atomic E-state index is 11.3. The van der Waals surface area contributed by atoms with Gasteiger partial charge in [0.15, 0.2) is 0 Å². The average molecular weight is 255 g/mol. The molecule has 2 heterocycles. The first kappa shape index (κ1) is 11.5. The Morgan fingerprint density at radius 2 is 1.89 bits per heavy atom.